The third kappa shape index (κ3) is 2.50. The van der Waals surface area contributed by atoms with Crippen LogP contribution in [-0.4, -0.2) is 8.42 Å². The fourth-order valence-electron chi connectivity index (χ4n) is 5.04. The van der Waals surface area contributed by atoms with E-state index in [1.165, 1.54) is 29.6 Å². The highest BCUT2D eigenvalue weighted by Crippen LogP contribution is 2.59. The SMILES string of the molecule is C=C1CC[C@@]2(C)CCC3=C(CCc4cc(OS(N)(=O)=O)ccc43)[C@H]12. The van der Waals surface area contributed by atoms with Crippen molar-refractivity contribution in [1.29, 1.82) is 0 Å². The third-order valence-corrected chi connectivity index (χ3v) is 6.51. The molecular formula is C19H23NO3S. The maximum Gasteiger partial charge on any atom is 0.380 e. The molecule has 1 fully saturated rings. The van der Waals surface area contributed by atoms with E-state index >= 15 is 0 Å². The van der Waals surface area contributed by atoms with Crippen LogP contribution in [0.3, 0.4) is 0 Å². The molecule has 1 saturated carbocycles. The van der Waals surface area contributed by atoms with E-state index in [1.54, 1.807) is 11.6 Å². The topological polar surface area (TPSA) is 69.4 Å². The van der Waals surface area contributed by atoms with E-state index in [-0.39, 0.29) is 0 Å². The summed E-state index contributed by atoms with van der Waals surface area (Å²) in [4.78, 5) is 0. The first-order valence-corrected chi connectivity index (χ1v) is 9.99. The van der Waals surface area contributed by atoms with Gasteiger partial charge in [-0.2, -0.15) is 13.6 Å². The zero-order valence-electron chi connectivity index (χ0n) is 14.0. The Bertz CT molecular complexity index is 869. The summed E-state index contributed by atoms with van der Waals surface area (Å²) in [5.74, 6) is 0.820. The van der Waals surface area contributed by atoms with Gasteiger partial charge in [0, 0.05) is 5.92 Å². The number of fused-ring (bicyclic) bond motifs is 4. The highest BCUT2D eigenvalue weighted by atomic mass is 32.2. The molecule has 2 N–H and O–H groups in total. The predicted molar refractivity (Wildman–Crippen MR) is 94.6 cm³/mol. The molecule has 24 heavy (non-hydrogen) atoms. The molecule has 128 valence electrons. The largest absolute Gasteiger partial charge is 0.380 e. The van der Waals surface area contributed by atoms with Gasteiger partial charge in [0.25, 0.3) is 0 Å². The smallest absolute Gasteiger partial charge is 0.371 e. The van der Waals surface area contributed by atoms with Gasteiger partial charge in [-0.15, -0.1) is 0 Å². The van der Waals surface area contributed by atoms with Crippen molar-refractivity contribution < 1.29 is 12.6 Å². The lowest BCUT2D eigenvalue weighted by molar-refractivity contribution is 0.241. The van der Waals surface area contributed by atoms with Gasteiger partial charge in [-0.05, 0) is 72.8 Å². The Hall–Kier alpha value is -1.59. The molecule has 4 rings (SSSR count). The van der Waals surface area contributed by atoms with Crippen molar-refractivity contribution >= 4 is 15.9 Å². The number of allylic oxidation sites excluding steroid dienone is 3. The van der Waals surface area contributed by atoms with Gasteiger partial charge in [0.2, 0.25) is 0 Å². The number of benzene rings is 1. The molecule has 0 unspecified atom stereocenters. The fourth-order valence-corrected chi connectivity index (χ4v) is 5.41. The van der Waals surface area contributed by atoms with Crippen molar-refractivity contribution in [2.75, 3.05) is 0 Å². The first-order valence-electron chi connectivity index (χ1n) is 8.52. The van der Waals surface area contributed by atoms with Crippen molar-refractivity contribution in [3.63, 3.8) is 0 Å². The Morgan fingerprint density at radius 2 is 1.96 bits per heavy atom. The summed E-state index contributed by atoms with van der Waals surface area (Å²) in [7, 11) is -3.98. The second-order valence-electron chi connectivity index (χ2n) is 7.64. The molecule has 0 saturated heterocycles. The zero-order valence-corrected chi connectivity index (χ0v) is 14.8. The monoisotopic (exact) mass is 345 g/mol. The minimum absolute atomic E-state index is 0.297. The lowest BCUT2D eigenvalue weighted by Gasteiger charge is -2.42. The van der Waals surface area contributed by atoms with Crippen molar-refractivity contribution in [2.24, 2.45) is 16.5 Å². The Labute approximate surface area is 143 Å². The number of hydrogen-bond acceptors (Lipinski definition) is 3. The van der Waals surface area contributed by atoms with Crippen LogP contribution in [0.4, 0.5) is 0 Å². The van der Waals surface area contributed by atoms with E-state index in [0.29, 0.717) is 17.1 Å². The molecule has 0 radical (unpaired) electrons. The van der Waals surface area contributed by atoms with Crippen LogP contribution in [0.2, 0.25) is 0 Å². The third-order valence-electron chi connectivity index (χ3n) is 6.08. The molecule has 4 nitrogen and oxygen atoms in total. The molecule has 1 aromatic carbocycles. The molecule has 0 amide bonds. The Balaban J connectivity index is 1.76. The summed E-state index contributed by atoms with van der Waals surface area (Å²) in [6.07, 6.45) is 6.63. The number of aryl methyl sites for hydroxylation is 1. The molecule has 0 spiro atoms. The number of nitrogens with two attached hydrogens (primary N) is 1. The quantitative estimate of drug-likeness (QED) is 0.830. The van der Waals surface area contributed by atoms with Gasteiger partial charge in [0.05, 0.1) is 0 Å². The standard InChI is InChI=1S/C19H23NO3S/c1-12-7-9-19(2)10-8-16-15-6-4-14(23-24(20,21)22)11-13(15)3-5-17(16)18(12)19/h4,6,11,18H,1,3,5,7-10H2,2H3,(H2,20,21,22)/t18-,19-/m0/s1. The van der Waals surface area contributed by atoms with Gasteiger partial charge in [0.15, 0.2) is 0 Å². The van der Waals surface area contributed by atoms with Crippen LogP contribution in [0.1, 0.15) is 50.2 Å². The normalized spacial score (nSPS) is 29.1. The van der Waals surface area contributed by atoms with E-state index in [1.807, 2.05) is 12.1 Å². The average molecular weight is 345 g/mol. The van der Waals surface area contributed by atoms with Gasteiger partial charge in [-0.1, -0.05) is 30.7 Å². The van der Waals surface area contributed by atoms with Crippen LogP contribution >= 0.6 is 0 Å². The Morgan fingerprint density at radius 1 is 1.21 bits per heavy atom. The Kier molecular flexibility index (Phi) is 3.45. The molecule has 0 aliphatic heterocycles. The summed E-state index contributed by atoms with van der Waals surface area (Å²) in [5, 5.41) is 4.97. The minimum Gasteiger partial charge on any atom is -0.371 e. The highest BCUT2D eigenvalue weighted by Gasteiger charge is 2.46. The fraction of sp³-hybridized carbons (Fsp3) is 0.474. The molecule has 5 heteroatoms. The maximum atomic E-state index is 11.1. The average Bonchev–Trinajstić information content (AvgIpc) is 2.81. The number of hydrogen-bond donors (Lipinski definition) is 1. The highest BCUT2D eigenvalue weighted by molar-refractivity contribution is 7.84. The van der Waals surface area contributed by atoms with Crippen molar-refractivity contribution in [3.8, 4) is 5.75 Å². The van der Waals surface area contributed by atoms with Crippen LogP contribution < -0.4 is 9.32 Å². The van der Waals surface area contributed by atoms with E-state index in [0.717, 1.165) is 31.2 Å². The molecule has 0 heterocycles. The van der Waals surface area contributed by atoms with Gasteiger partial charge in [-0.25, -0.2) is 0 Å². The molecule has 1 aromatic rings. The van der Waals surface area contributed by atoms with Crippen molar-refractivity contribution in [3.05, 3.63) is 47.1 Å². The molecule has 3 aliphatic carbocycles. The van der Waals surface area contributed by atoms with Crippen LogP contribution in [-0.2, 0) is 16.7 Å². The summed E-state index contributed by atoms with van der Waals surface area (Å²) >= 11 is 0. The van der Waals surface area contributed by atoms with E-state index < -0.39 is 10.3 Å². The van der Waals surface area contributed by atoms with Gasteiger partial charge < -0.3 is 4.18 Å². The first-order chi connectivity index (χ1) is 11.3. The summed E-state index contributed by atoms with van der Waals surface area (Å²) in [6, 6.07) is 5.52. The molecular weight excluding hydrogens is 322 g/mol. The molecule has 2 atom stereocenters. The van der Waals surface area contributed by atoms with E-state index in [9.17, 15) is 8.42 Å². The van der Waals surface area contributed by atoms with Crippen LogP contribution in [0.25, 0.3) is 5.57 Å². The van der Waals surface area contributed by atoms with Crippen molar-refractivity contribution in [1.82, 2.24) is 0 Å². The van der Waals surface area contributed by atoms with Crippen LogP contribution in [0, 0.1) is 11.3 Å². The number of rotatable bonds is 2. The molecule has 0 bridgehead atoms. The second-order valence-corrected chi connectivity index (χ2v) is 8.80. The predicted octanol–water partition coefficient (Wildman–Crippen LogP) is 3.74. The summed E-state index contributed by atoms with van der Waals surface area (Å²) < 4.78 is 27.1. The second kappa shape index (κ2) is 5.20. The first kappa shape index (κ1) is 15.9. The summed E-state index contributed by atoms with van der Waals surface area (Å²) in [5.41, 5.74) is 7.19. The lowest BCUT2D eigenvalue weighted by atomic mass is 9.62. The molecule has 0 aromatic heterocycles. The van der Waals surface area contributed by atoms with Crippen LogP contribution in [0.5, 0.6) is 5.75 Å². The minimum atomic E-state index is -3.98. The zero-order chi connectivity index (χ0) is 17.1. The Morgan fingerprint density at radius 3 is 2.71 bits per heavy atom. The lowest BCUT2D eigenvalue weighted by Crippen LogP contribution is -2.30. The van der Waals surface area contributed by atoms with Gasteiger partial charge in [-0.3, -0.25) is 0 Å². The maximum absolute atomic E-state index is 11.1. The van der Waals surface area contributed by atoms with E-state index in [2.05, 4.69) is 13.5 Å². The van der Waals surface area contributed by atoms with Gasteiger partial charge >= 0.3 is 10.3 Å². The summed E-state index contributed by atoms with van der Waals surface area (Å²) in [6.45, 7) is 6.77. The molecule has 3 aliphatic rings. The van der Waals surface area contributed by atoms with Crippen LogP contribution in [0.15, 0.2) is 35.9 Å². The van der Waals surface area contributed by atoms with Crippen molar-refractivity contribution in [2.45, 2.75) is 45.4 Å². The van der Waals surface area contributed by atoms with E-state index in [4.69, 9.17) is 9.32 Å². The van der Waals surface area contributed by atoms with Gasteiger partial charge in [0.1, 0.15) is 5.75 Å².